The maximum absolute atomic E-state index is 4.84. The summed E-state index contributed by atoms with van der Waals surface area (Å²) < 4.78 is 5.00. The van der Waals surface area contributed by atoms with Gasteiger partial charge in [0.15, 0.2) is 0 Å². The first kappa shape index (κ1) is 23.1. The first-order valence-corrected chi connectivity index (χ1v) is 14.5. The number of anilines is 1. The molecule has 0 unspecified atom stereocenters. The molecule has 1 N–H and O–H groups in total. The van der Waals surface area contributed by atoms with Crippen LogP contribution in [-0.2, 0) is 0 Å². The van der Waals surface area contributed by atoms with Crippen LogP contribution in [0.15, 0.2) is 83.8 Å². The molecule has 1 saturated heterocycles. The van der Waals surface area contributed by atoms with E-state index in [9.17, 15) is 0 Å². The summed E-state index contributed by atoms with van der Waals surface area (Å²) in [6.07, 6.45) is 5.91. The van der Waals surface area contributed by atoms with Gasteiger partial charge in [0.2, 0.25) is 0 Å². The van der Waals surface area contributed by atoms with Crippen molar-refractivity contribution in [1.29, 1.82) is 0 Å². The van der Waals surface area contributed by atoms with E-state index in [-0.39, 0.29) is 21.2 Å². The monoisotopic (exact) mass is 587 g/mol. The predicted molar refractivity (Wildman–Crippen MR) is 142 cm³/mol. The topological polar surface area (TPSA) is 58.4 Å². The van der Waals surface area contributed by atoms with Crippen LogP contribution in [-0.4, -0.2) is 44.8 Å². The number of fused-ring (bicyclic) bond motifs is 2. The molecule has 0 amide bonds. The zero-order chi connectivity index (χ0) is 24.6. The zero-order valence-corrected chi connectivity index (χ0v) is 22.6. The zero-order valence-electron chi connectivity index (χ0n) is 20.4. The van der Waals surface area contributed by atoms with Crippen molar-refractivity contribution >= 4 is 22.2 Å². The second-order valence-electron chi connectivity index (χ2n) is 9.25. The molecule has 36 heavy (non-hydrogen) atoms. The third kappa shape index (κ3) is 4.16. The Hall–Kier alpha value is -3.30. The fourth-order valence-electron chi connectivity index (χ4n) is 5.19. The normalized spacial score (nSPS) is 18.2. The van der Waals surface area contributed by atoms with E-state index in [2.05, 4.69) is 96.5 Å². The number of hydrogen-bond donors (Lipinski definition) is 1. The van der Waals surface area contributed by atoms with Gasteiger partial charge in [-0.1, -0.05) is 0 Å². The van der Waals surface area contributed by atoms with E-state index >= 15 is 0 Å². The molecule has 6 rings (SSSR count). The fourth-order valence-corrected chi connectivity index (χ4v) is 6.42. The molecule has 0 spiro atoms. The molecule has 3 aromatic heterocycles. The van der Waals surface area contributed by atoms with Gasteiger partial charge in [-0.15, -0.1) is 0 Å². The van der Waals surface area contributed by atoms with Crippen LogP contribution >= 0.6 is 0 Å². The van der Waals surface area contributed by atoms with Crippen LogP contribution in [0.25, 0.3) is 38.8 Å². The maximum atomic E-state index is 4.84. The van der Waals surface area contributed by atoms with Gasteiger partial charge in [-0.25, -0.2) is 0 Å². The van der Waals surface area contributed by atoms with Gasteiger partial charge in [0, 0.05) is 30.9 Å². The van der Waals surface area contributed by atoms with E-state index in [4.69, 9.17) is 9.97 Å². The van der Waals surface area contributed by atoms with Crippen LogP contribution in [0.4, 0.5) is 5.69 Å². The molecular formula is C29H28IN6-. The number of halogens is 1. The number of nitrogens with one attached hydrogen (secondary N) is 1. The van der Waals surface area contributed by atoms with Gasteiger partial charge in [-0.05, 0) is 26.0 Å². The Morgan fingerprint density at radius 1 is 0.944 bits per heavy atom. The van der Waals surface area contributed by atoms with Crippen LogP contribution in [0.1, 0.15) is 13.8 Å². The number of piperazine rings is 1. The van der Waals surface area contributed by atoms with E-state index in [0.717, 1.165) is 55.6 Å². The summed E-state index contributed by atoms with van der Waals surface area (Å²) in [5, 5.41) is 9.27. The Morgan fingerprint density at radius 3 is 2.53 bits per heavy atom. The molecule has 2 atom stereocenters. The molecule has 1 aliphatic rings. The van der Waals surface area contributed by atoms with Crippen LogP contribution in [0, 0.1) is 3.70 Å². The Balaban J connectivity index is 1.33. The minimum atomic E-state index is -0.248. The van der Waals surface area contributed by atoms with E-state index in [1.54, 1.807) is 0 Å². The van der Waals surface area contributed by atoms with E-state index < -0.39 is 0 Å². The first-order valence-electron chi connectivity index (χ1n) is 12.2. The molecule has 182 valence electrons. The van der Waals surface area contributed by atoms with Gasteiger partial charge in [0.1, 0.15) is 0 Å². The van der Waals surface area contributed by atoms with Gasteiger partial charge in [-0.3, -0.25) is 0 Å². The molecule has 2 aromatic carbocycles. The molecule has 6 nitrogen and oxygen atoms in total. The van der Waals surface area contributed by atoms with Gasteiger partial charge in [0.25, 0.3) is 0 Å². The number of nitrogens with zero attached hydrogens (tertiary/aromatic N) is 5. The van der Waals surface area contributed by atoms with Crippen molar-refractivity contribution in [2.75, 3.05) is 18.0 Å². The van der Waals surface area contributed by atoms with Crippen LogP contribution < -0.4 is 31.4 Å². The number of rotatable bonds is 5. The molecule has 5 aromatic rings. The van der Waals surface area contributed by atoms with E-state index in [0.29, 0.717) is 12.1 Å². The standard InChI is InChI=1S/C29H28IN6/c1-4-30-28-13-12-25-24(6-5-7-27(25)34-28)26-17-33-35-18-22(16-32-29(26)35)21-8-10-23(11-9-21)36-19(2)14-31-15-20(36)3/h4-13,16-20,31H,1,14-15H2,2-3H3/q-1/t19-,20+. The van der Waals surface area contributed by atoms with Gasteiger partial charge in [0.05, 0.1) is 0 Å². The Labute approximate surface area is 221 Å². The first-order chi connectivity index (χ1) is 17.6. The molecule has 1 fully saturated rings. The molecular weight excluding hydrogens is 559 g/mol. The van der Waals surface area contributed by atoms with Crippen molar-refractivity contribution in [2.45, 2.75) is 25.9 Å². The second kappa shape index (κ2) is 9.63. The average Bonchev–Trinajstić information content (AvgIpc) is 3.32. The van der Waals surface area contributed by atoms with Crippen molar-refractivity contribution in [3.8, 4) is 22.3 Å². The van der Waals surface area contributed by atoms with Crippen molar-refractivity contribution in [3.63, 3.8) is 0 Å². The van der Waals surface area contributed by atoms with Crippen molar-refractivity contribution < 1.29 is 21.2 Å². The summed E-state index contributed by atoms with van der Waals surface area (Å²) in [5.74, 6) is 0. The summed E-state index contributed by atoms with van der Waals surface area (Å²) in [5.41, 5.74) is 7.39. The van der Waals surface area contributed by atoms with Gasteiger partial charge < -0.3 is 10.2 Å². The summed E-state index contributed by atoms with van der Waals surface area (Å²) in [7, 11) is 0. The summed E-state index contributed by atoms with van der Waals surface area (Å²) in [6, 6.07) is 20.3. The number of aromatic nitrogens is 4. The average molecular weight is 587 g/mol. The predicted octanol–water partition coefficient (Wildman–Crippen LogP) is 2.20. The van der Waals surface area contributed by atoms with Crippen LogP contribution in [0.2, 0.25) is 0 Å². The molecule has 1 aliphatic heterocycles. The number of benzene rings is 2. The number of hydrogen-bond acceptors (Lipinski definition) is 5. The summed E-state index contributed by atoms with van der Waals surface area (Å²) >= 11 is -0.248. The van der Waals surface area contributed by atoms with Gasteiger partial charge in [-0.2, -0.15) is 0 Å². The van der Waals surface area contributed by atoms with E-state index in [1.807, 2.05) is 21.0 Å². The third-order valence-corrected chi connectivity index (χ3v) is 8.54. The SMILES string of the molecule is C=C[I-]c1ccc2c(-c3cnn4cc(-c5ccc(N6[C@H](C)CNC[C@@H]6C)cc5)cnc34)cccc2n1. The van der Waals surface area contributed by atoms with Crippen molar-refractivity contribution in [2.24, 2.45) is 0 Å². The molecule has 0 aliphatic carbocycles. The van der Waals surface area contributed by atoms with Crippen LogP contribution in [0.3, 0.4) is 0 Å². The third-order valence-electron chi connectivity index (χ3n) is 6.86. The molecule has 0 radical (unpaired) electrons. The fraction of sp³-hybridized carbons (Fsp3) is 0.207. The van der Waals surface area contributed by atoms with Gasteiger partial charge >= 0.3 is 155 Å². The van der Waals surface area contributed by atoms with E-state index in [1.165, 1.54) is 5.69 Å². The Morgan fingerprint density at radius 2 is 1.75 bits per heavy atom. The molecule has 7 heteroatoms. The molecule has 0 saturated carbocycles. The Kier molecular flexibility index (Phi) is 6.18. The quantitative estimate of drug-likeness (QED) is 0.253. The summed E-state index contributed by atoms with van der Waals surface area (Å²) in [4.78, 5) is 12.2. The van der Waals surface area contributed by atoms with Crippen molar-refractivity contribution in [1.82, 2.24) is 24.9 Å². The number of pyridine rings is 1. The summed E-state index contributed by atoms with van der Waals surface area (Å²) in [6.45, 7) is 10.4. The Bertz CT molecular complexity index is 1550. The van der Waals surface area contributed by atoms with Crippen LogP contribution in [0.5, 0.6) is 0 Å². The molecule has 4 heterocycles. The minimum absolute atomic E-state index is 0.248. The second-order valence-corrected chi connectivity index (χ2v) is 11.9. The van der Waals surface area contributed by atoms with Crippen molar-refractivity contribution in [3.05, 3.63) is 87.6 Å². The molecule has 0 bridgehead atoms.